The summed E-state index contributed by atoms with van der Waals surface area (Å²) >= 11 is 0. The van der Waals surface area contributed by atoms with Crippen molar-refractivity contribution in [1.29, 1.82) is 0 Å². The summed E-state index contributed by atoms with van der Waals surface area (Å²) in [6, 6.07) is 18.0. The molecule has 0 saturated heterocycles. The maximum absolute atomic E-state index is 12.2. The molecule has 1 aromatic heterocycles. The topological polar surface area (TPSA) is 51.1 Å². The molecule has 0 saturated carbocycles. The van der Waals surface area contributed by atoms with Gasteiger partial charge in [0.15, 0.2) is 5.78 Å². The largest absolute Gasteiger partial charge is 0.356 e. The van der Waals surface area contributed by atoms with E-state index in [-0.39, 0.29) is 24.5 Å². The number of amides is 1. The first-order valence-electron chi connectivity index (χ1n) is 9.60. The van der Waals surface area contributed by atoms with Crippen LogP contribution in [0.3, 0.4) is 0 Å². The molecule has 0 spiro atoms. The normalized spacial score (nSPS) is 10.9. The van der Waals surface area contributed by atoms with Gasteiger partial charge in [-0.05, 0) is 35.9 Å². The van der Waals surface area contributed by atoms with E-state index in [9.17, 15) is 9.59 Å². The molecule has 27 heavy (non-hydrogen) atoms. The second-order valence-electron chi connectivity index (χ2n) is 6.75. The lowest BCUT2D eigenvalue weighted by Crippen LogP contribution is -2.25. The minimum absolute atomic E-state index is 0.0200. The third-order valence-electron chi connectivity index (χ3n) is 4.84. The molecule has 140 valence electrons. The monoisotopic (exact) mass is 362 g/mol. The van der Waals surface area contributed by atoms with E-state index in [1.54, 1.807) is 0 Å². The van der Waals surface area contributed by atoms with Crippen LogP contribution in [-0.2, 0) is 17.8 Å². The highest BCUT2D eigenvalue weighted by atomic mass is 16.2. The molecule has 1 N–H and O–H groups in total. The number of para-hydroxylation sites is 1. The summed E-state index contributed by atoms with van der Waals surface area (Å²) < 4.78 is 2.20. The standard InChI is InChI=1S/C23H26N2O2/c1-2-18-8-10-20(11-9-18)22(26)12-13-23(27)24-15-5-16-25-17-14-19-6-3-4-7-21(19)25/h3-4,6-11,14,17H,2,5,12-13,15-16H2,1H3,(H,24,27). The number of hydrogen-bond acceptors (Lipinski definition) is 2. The van der Waals surface area contributed by atoms with Crippen molar-refractivity contribution in [2.45, 2.75) is 39.2 Å². The molecule has 0 unspecified atom stereocenters. The van der Waals surface area contributed by atoms with Gasteiger partial charge in [-0.25, -0.2) is 0 Å². The van der Waals surface area contributed by atoms with Gasteiger partial charge in [0.1, 0.15) is 0 Å². The highest BCUT2D eigenvalue weighted by molar-refractivity contribution is 5.97. The molecule has 0 aliphatic heterocycles. The summed E-state index contributed by atoms with van der Waals surface area (Å²) in [4.78, 5) is 24.2. The van der Waals surface area contributed by atoms with E-state index in [1.165, 1.54) is 16.5 Å². The molecule has 3 aromatic rings. The van der Waals surface area contributed by atoms with Crippen molar-refractivity contribution in [2.24, 2.45) is 0 Å². The number of carbonyl (C=O) groups excluding carboxylic acids is 2. The fourth-order valence-corrected chi connectivity index (χ4v) is 3.20. The number of ketones is 1. The van der Waals surface area contributed by atoms with Crippen LogP contribution in [0.2, 0.25) is 0 Å². The van der Waals surface area contributed by atoms with Crippen molar-refractivity contribution in [3.8, 4) is 0 Å². The van der Waals surface area contributed by atoms with Crippen molar-refractivity contribution >= 4 is 22.6 Å². The summed E-state index contributed by atoms with van der Waals surface area (Å²) in [5, 5.41) is 4.14. The Labute approximate surface area is 160 Å². The van der Waals surface area contributed by atoms with Gasteiger partial charge >= 0.3 is 0 Å². The fraction of sp³-hybridized carbons (Fsp3) is 0.304. The van der Waals surface area contributed by atoms with E-state index in [0.717, 1.165) is 19.4 Å². The summed E-state index contributed by atoms with van der Waals surface area (Å²) in [6.45, 7) is 3.56. The predicted molar refractivity (Wildman–Crippen MR) is 109 cm³/mol. The Morgan fingerprint density at radius 2 is 1.74 bits per heavy atom. The Morgan fingerprint density at radius 1 is 0.963 bits per heavy atom. The van der Waals surface area contributed by atoms with Gasteiger partial charge in [0.25, 0.3) is 0 Å². The van der Waals surface area contributed by atoms with Gasteiger partial charge < -0.3 is 9.88 Å². The smallest absolute Gasteiger partial charge is 0.220 e. The molecule has 4 heteroatoms. The Balaban J connectivity index is 1.37. The molecular formula is C23H26N2O2. The van der Waals surface area contributed by atoms with Gasteiger partial charge in [-0.3, -0.25) is 9.59 Å². The molecule has 3 rings (SSSR count). The minimum Gasteiger partial charge on any atom is -0.356 e. The Morgan fingerprint density at radius 3 is 2.52 bits per heavy atom. The highest BCUT2D eigenvalue weighted by Gasteiger charge is 2.09. The van der Waals surface area contributed by atoms with Gasteiger partial charge in [-0.15, -0.1) is 0 Å². The fourth-order valence-electron chi connectivity index (χ4n) is 3.20. The third kappa shape index (κ3) is 5.07. The summed E-state index contributed by atoms with van der Waals surface area (Å²) in [6.07, 6.45) is 4.38. The average Bonchev–Trinajstić information content (AvgIpc) is 3.12. The van der Waals surface area contributed by atoms with Crippen molar-refractivity contribution in [3.63, 3.8) is 0 Å². The summed E-state index contributed by atoms with van der Waals surface area (Å²) in [5.41, 5.74) is 3.10. The van der Waals surface area contributed by atoms with Crippen LogP contribution < -0.4 is 5.32 Å². The first kappa shape index (κ1) is 18.9. The number of nitrogens with zero attached hydrogens (tertiary/aromatic N) is 1. The van der Waals surface area contributed by atoms with Gasteiger partial charge in [-0.2, -0.15) is 0 Å². The lowest BCUT2D eigenvalue weighted by Gasteiger charge is -2.07. The number of aromatic nitrogens is 1. The summed E-state index contributed by atoms with van der Waals surface area (Å²) in [7, 11) is 0. The first-order valence-corrected chi connectivity index (χ1v) is 9.60. The second kappa shape index (κ2) is 9.17. The number of Topliss-reactive ketones (excluding diaryl/α,β-unsaturated/α-hetero) is 1. The Bertz CT molecular complexity index is 910. The first-order chi connectivity index (χ1) is 13.2. The van der Waals surface area contributed by atoms with Gasteiger partial charge in [0.2, 0.25) is 5.91 Å². The highest BCUT2D eigenvalue weighted by Crippen LogP contribution is 2.15. The van der Waals surface area contributed by atoms with Gasteiger partial charge in [-0.1, -0.05) is 49.4 Å². The summed E-state index contributed by atoms with van der Waals surface area (Å²) in [5.74, 6) is -0.0440. The van der Waals surface area contributed by atoms with Crippen molar-refractivity contribution < 1.29 is 9.59 Å². The van der Waals surface area contributed by atoms with Gasteiger partial charge in [0, 0.05) is 43.2 Å². The molecular weight excluding hydrogens is 336 g/mol. The number of rotatable bonds is 9. The van der Waals surface area contributed by atoms with Crippen LogP contribution in [-0.4, -0.2) is 22.8 Å². The maximum Gasteiger partial charge on any atom is 0.220 e. The molecule has 2 aromatic carbocycles. The van der Waals surface area contributed by atoms with Crippen molar-refractivity contribution in [2.75, 3.05) is 6.54 Å². The van der Waals surface area contributed by atoms with Crippen LogP contribution in [0.15, 0.2) is 60.8 Å². The number of fused-ring (bicyclic) bond motifs is 1. The molecule has 1 heterocycles. The predicted octanol–water partition coefficient (Wildman–Crippen LogP) is 4.37. The number of benzene rings is 2. The van der Waals surface area contributed by atoms with Crippen LogP contribution in [0.1, 0.15) is 42.1 Å². The second-order valence-corrected chi connectivity index (χ2v) is 6.75. The van der Waals surface area contributed by atoms with E-state index in [0.29, 0.717) is 12.1 Å². The van der Waals surface area contributed by atoms with Crippen molar-refractivity contribution in [1.82, 2.24) is 9.88 Å². The Hall–Kier alpha value is -2.88. The van der Waals surface area contributed by atoms with Crippen molar-refractivity contribution in [3.05, 3.63) is 71.9 Å². The molecule has 0 radical (unpaired) electrons. The minimum atomic E-state index is -0.0640. The van der Waals surface area contributed by atoms with E-state index < -0.39 is 0 Å². The lowest BCUT2D eigenvalue weighted by atomic mass is 10.0. The molecule has 0 aliphatic carbocycles. The Kier molecular flexibility index (Phi) is 6.42. The molecule has 0 aliphatic rings. The van der Waals surface area contributed by atoms with E-state index in [1.807, 2.05) is 36.4 Å². The molecule has 4 nitrogen and oxygen atoms in total. The zero-order valence-corrected chi connectivity index (χ0v) is 15.8. The molecule has 0 bridgehead atoms. The van der Waals surface area contributed by atoms with Crippen LogP contribution in [0.5, 0.6) is 0 Å². The van der Waals surface area contributed by atoms with Crippen LogP contribution in [0.4, 0.5) is 0 Å². The van der Waals surface area contributed by atoms with Crippen LogP contribution >= 0.6 is 0 Å². The zero-order valence-electron chi connectivity index (χ0n) is 15.8. The number of hydrogen-bond donors (Lipinski definition) is 1. The number of nitrogens with one attached hydrogen (secondary N) is 1. The molecule has 1 amide bonds. The van der Waals surface area contributed by atoms with Gasteiger partial charge in [0.05, 0.1) is 0 Å². The third-order valence-corrected chi connectivity index (χ3v) is 4.84. The quantitative estimate of drug-likeness (QED) is 0.454. The number of carbonyl (C=O) groups is 2. The van der Waals surface area contributed by atoms with E-state index in [4.69, 9.17) is 0 Å². The maximum atomic E-state index is 12.2. The zero-order chi connectivity index (χ0) is 19.1. The van der Waals surface area contributed by atoms with E-state index >= 15 is 0 Å². The molecule has 0 fully saturated rings. The number of aryl methyl sites for hydroxylation is 2. The lowest BCUT2D eigenvalue weighted by molar-refractivity contribution is -0.121. The van der Waals surface area contributed by atoms with E-state index in [2.05, 4.69) is 41.2 Å². The average molecular weight is 362 g/mol. The van der Waals surface area contributed by atoms with Crippen LogP contribution in [0.25, 0.3) is 10.9 Å². The SMILES string of the molecule is CCc1ccc(C(=O)CCC(=O)NCCCn2ccc3ccccc32)cc1. The van der Waals surface area contributed by atoms with Crippen LogP contribution in [0, 0.1) is 0 Å². The molecule has 0 atom stereocenters.